The molecule has 1 unspecified atom stereocenters. The maximum atomic E-state index is 11.9. The molecule has 1 saturated heterocycles. The van der Waals surface area contributed by atoms with Crippen LogP contribution in [0.25, 0.3) is 22.6 Å². The summed E-state index contributed by atoms with van der Waals surface area (Å²) in [6, 6.07) is 1.71. The first kappa shape index (κ1) is 18.2. The Bertz CT molecular complexity index is 1060. The van der Waals surface area contributed by atoms with Crippen LogP contribution < -0.4 is 16.6 Å². The third-order valence-electron chi connectivity index (χ3n) is 4.37. The Morgan fingerprint density at radius 1 is 1.27 bits per heavy atom. The molecule has 4 rings (SSSR count). The molecule has 3 aromatic heterocycles. The minimum absolute atomic E-state index is 0. The van der Waals surface area contributed by atoms with Crippen LogP contribution in [-0.2, 0) is 0 Å². The number of H-pyrrole nitrogens is 2. The van der Waals surface area contributed by atoms with Crippen LogP contribution in [-0.4, -0.2) is 56.7 Å². The number of fused-ring (bicyclic) bond motifs is 1. The fourth-order valence-corrected chi connectivity index (χ4v) is 3.03. The summed E-state index contributed by atoms with van der Waals surface area (Å²) < 4.78 is 5.36. The van der Waals surface area contributed by atoms with Gasteiger partial charge in [-0.05, 0) is 25.6 Å². The second-order valence-corrected chi connectivity index (χ2v) is 6.11. The molecule has 1 fully saturated rings. The molecule has 11 heteroatoms. The van der Waals surface area contributed by atoms with Gasteiger partial charge in [-0.15, -0.1) is 12.4 Å². The van der Waals surface area contributed by atoms with E-state index in [1.54, 1.807) is 13.0 Å². The molecule has 0 radical (unpaired) electrons. The van der Waals surface area contributed by atoms with Crippen LogP contribution in [0.3, 0.4) is 0 Å². The number of halogens is 1. The average molecular weight is 380 g/mol. The second-order valence-electron chi connectivity index (χ2n) is 6.11. The number of hydrogen-bond acceptors (Lipinski definition) is 8. The topological polar surface area (TPSA) is 133 Å². The Morgan fingerprint density at radius 2 is 2.08 bits per heavy atom. The van der Waals surface area contributed by atoms with Gasteiger partial charge < -0.3 is 9.84 Å². The van der Waals surface area contributed by atoms with Crippen molar-refractivity contribution < 1.29 is 4.52 Å². The first-order valence-electron chi connectivity index (χ1n) is 7.92. The lowest BCUT2D eigenvalue weighted by molar-refractivity contribution is 0.190. The molecule has 4 heterocycles. The molecule has 3 aromatic rings. The zero-order valence-electron chi connectivity index (χ0n) is 14.2. The van der Waals surface area contributed by atoms with Gasteiger partial charge in [0, 0.05) is 19.6 Å². The van der Waals surface area contributed by atoms with Gasteiger partial charge in [-0.1, -0.05) is 5.16 Å². The summed E-state index contributed by atoms with van der Waals surface area (Å²) in [5.41, 5.74) is 0.184. The van der Waals surface area contributed by atoms with Crippen molar-refractivity contribution in [1.29, 1.82) is 0 Å². The number of aryl methyl sites for hydroxylation is 1. The lowest BCUT2D eigenvalue weighted by Gasteiger charge is -2.30. The molecule has 1 atom stereocenters. The van der Waals surface area contributed by atoms with Crippen LogP contribution in [0.2, 0.25) is 0 Å². The zero-order valence-corrected chi connectivity index (χ0v) is 15.0. The number of rotatable bonds is 2. The van der Waals surface area contributed by atoms with E-state index in [9.17, 15) is 9.59 Å². The summed E-state index contributed by atoms with van der Waals surface area (Å²) in [4.78, 5) is 39.1. The summed E-state index contributed by atoms with van der Waals surface area (Å²) in [6.07, 6.45) is 0. The first-order chi connectivity index (χ1) is 12.0. The summed E-state index contributed by atoms with van der Waals surface area (Å²) in [6.45, 7) is 4.32. The van der Waals surface area contributed by atoms with Gasteiger partial charge in [0.05, 0.1) is 11.4 Å². The molecule has 1 aliphatic rings. The van der Waals surface area contributed by atoms with Crippen LogP contribution in [0.15, 0.2) is 20.2 Å². The first-order valence-corrected chi connectivity index (χ1v) is 7.92. The molecule has 0 spiro atoms. The van der Waals surface area contributed by atoms with Crippen LogP contribution in [0.1, 0.15) is 17.4 Å². The highest BCUT2D eigenvalue weighted by atomic mass is 35.5. The van der Waals surface area contributed by atoms with Gasteiger partial charge in [-0.25, -0.2) is 9.78 Å². The SMILES string of the molecule is Cc1cc(-c2nc(C3CNCCN3C)no2)nc2[nH]c(=O)[nH]c(=O)c12.Cl. The molecule has 0 aromatic carbocycles. The molecule has 26 heavy (non-hydrogen) atoms. The van der Waals surface area contributed by atoms with Crippen molar-refractivity contribution in [3.05, 3.63) is 38.3 Å². The van der Waals surface area contributed by atoms with Crippen molar-refractivity contribution in [2.45, 2.75) is 13.0 Å². The third-order valence-corrected chi connectivity index (χ3v) is 4.37. The molecule has 0 saturated carbocycles. The van der Waals surface area contributed by atoms with E-state index in [4.69, 9.17) is 4.52 Å². The molecule has 138 valence electrons. The van der Waals surface area contributed by atoms with Gasteiger partial charge in [-0.3, -0.25) is 19.7 Å². The van der Waals surface area contributed by atoms with E-state index in [0.717, 1.165) is 19.6 Å². The largest absolute Gasteiger partial charge is 0.332 e. The smallest absolute Gasteiger partial charge is 0.327 e. The fraction of sp³-hybridized carbons (Fsp3) is 0.400. The van der Waals surface area contributed by atoms with Crippen molar-refractivity contribution in [2.24, 2.45) is 0 Å². The van der Waals surface area contributed by atoms with Crippen molar-refractivity contribution in [3.8, 4) is 11.6 Å². The minimum Gasteiger partial charge on any atom is -0.332 e. The highest BCUT2D eigenvalue weighted by molar-refractivity contribution is 5.85. The predicted molar refractivity (Wildman–Crippen MR) is 96.5 cm³/mol. The quantitative estimate of drug-likeness (QED) is 0.565. The number of hydrogen-bond donors (Lipinski definition) is 3. The van der Waals surface area contributed by atoms with E-state index in [2.05, 4.69) is 35.3 Å². The Morgan fingerprint density at radius 3 is 2.85 bits per heavy atom. The maximum absolute atomic E-state index is 11.9. The van der Waals surface area contributed by atoms with E-state index in [0.29, 0.717) is 22.5 Å². The second kappa shape index (κ2) is 6.98. The molecule has 0 amide bonds. The van der Waals surface area contributed by atoms with Gasteiger partial charge >= 0.3 is 5.69 Å². The summed E-state index contributed by atoms with van der Waals surface area (Å²) >= 11 is 0. The van der Waals surface area contributed by atoms with Crippen LogP contribution in [0, 0.1) is 6.92 Å². The lowest BCUT2D eigenvalue weighted by atomic mass is 10.1. The van der Waals surface area contributed by atoms with Crippen LogP contribution in [0.5, 0.6) is 0 Å². The van der Waals surface area contributed by atoms with Gasteiger partial charge in [0.15, 0.2) is 5.82 Å². The summed E-state index contributed by atoms with van der Waals surface area (Å²) in [5.74, 6) is 0.823. The average Bonchev–Trinajstić information content (AvgIpc) is 3.04. The van der Waals surface area contributed by atoms with Crippen LogP contribution in [0.4, 0.5) is 0 Å². The van der Waals surface area contributed by atoms with E-state index in [1.807, 2.05) is 7.05 Å². The van der Waals surface area contributed by atoms with Crippen molar-refractivity contribution in [3.63, 3.8) is 0 Å². The van der Waals surface area contributed by atoms with Gasteiger partial charge in [0.2, 0.25) is 0 Å². The number of piperazine rings is 1. The maximum Gasteiger partial charge on any atom is 0.327 e. The molecule has 10 nitrogen and oxygen atoms in total. The van der Waals surface area contributed by atoms with E-state index < -0.39 is 11.2 Å². The van der Waals surface area contributed by atoms with Gasteiger partial charge in [-0.2, -0.15) is 4.98 Å². The van der Waals surface area contributed by atoms with E-state index in [-0.39, 0.29) is 30.0 Å². The molecular formula is C15H18ClN7O3. The number of pyridine rings is 1. The number of aromatic nitrogens is 5. The standard InChI is InChI=1S/C15H17N7O3.ClH/c1-7-5-8(17-12-10(7)13(23)20-15(24)19-12)14-18-11(21-25-14)9-6-16-3-4-22(9)2;/h5,9,16H,3-4,6H2,1-2H3,(H2,17,19,20,23,24);1H. The van der Waals surface area contributed by atoms with Gasteiger partial charge in [0.1, 0.15) is 11.3 Å². The minimum atomic E-state index is -0.609. The van der Waals surface area contributed by atoms with E-state index >= 15 is 0 Å². The molecule has 3 N–H and O–H groups in total. The highest BCUT2D eigenvalue weighted by Gasteiger charge is 2.26. The lowest BCUT2D eigenvalue weighted by Crippen LogP contribution is -2.44. The predicted octanol–water partition coefficient (Wildman–Crippen LogP) is -0.0323. The molecule has 0 bridgehead atoms. The Balaban J connectivity index is 0.00000196. The number of aromatic amines is 2. The monoisotopic (exact) mass is 379 g/mol. The van der Waals surface area contributed by atoms with E-state index in [1.165, 1.54) is 0 Å². The normalized spacial score (nSPS) is 18.0. The molecule has 0 aliphatic carbocycles. The Kier molecular flexibility index (Phi) is 4.90. The zero-order chi connectivity index (χ0) is 17.6. The Hall–Kier alpha value is -2.56. The van der Waals surface area contributed by atoms with Gasteiger partial charge in [0.25, 0.3) is 11.4 Å². The summed E-state index contributed by atoms with van der Waals surface area (Å²) in [5, 5.41) is 7.70. The third kappa shape index (κ3) is 3.14. The Labute approximate surface area is 153 Å². The number of likely N-dealkylation sites (N-methyl/N-ethyl adjacent to an activating group) is 1. The highest BCUT2D eigenvalue weighted by Crippen LogP contribution is 2.23. The van der Waals surface area contributed by atoms with Crippen LogP contribution >= 0.6 is 12.4 Å². The molecular weight excluding hydrogens is 362 g/mol. The van der Waals surface area contributed by atoms with Crippen molar-refractivity contribution in [2.75, 3.05) is 26.7 Å². The number of nitrogens with zero attached hydrogens (tertiary/aromatic N) is 4. The number of nitrogens with one attached hydrogen (secondary N) is 3. The van der Waals surface area contributed by atoms with Crippen molar-refractivity contribution >= 4 is 23.4 Å². The molecule has 1 aliphatic heterocycles. The summed E-state index contributed by atoms with van der Waals surface area (Å²) in [7, 11) is 2.01. The fourth-order valence-electron chi connectivity index (χ4n) is 3.03. The van der Waals surface area contributed by atoms with Crippen molar-refractivity contribution in [1.82, 2.24) is 35.3 Å².